The van der Waals surface area contributed by atoms with Crippen molar-refractivity contribution in [3.63, 3.8) is 0 Å². The molecule has 0 amide bonds. The molecule has 2 rings (SSSR count). The van der Waals surface area contributed by atoms with Gasteiger partial charge in [0.25, 0.3) is 0 Å². The second-order valence-corrected chi connectivity index (χ2v) is 3.93. The van der Waals surface area contributed by atoms with Gasteiger partial charge in [0, 0.05) is 19.2 Å². The molecule has 0 aliphatic rings. The van der Waals surface area contributed by atoms with Crippen molar-refractivity contribution in [3.8, 4) is 0 Å². The molecule has 0 aromatic carbocycles. The second-order valence-electron chi connectivity index (χ2n) is 3.93. The molecule has 86 valence electrons. The SMILES string of the molecule is CCCOCCc1nc2ncc(C)cc2[nH]1. The molecular weight excluding hydrogens is 202 g/mol. The maximum absolute atomic E-state index is 5.43. The van der Waals surface area contributed by atoms with E-state index in [1.807, 2.05) is 13.1 Å². The van der Waals surface area contributed by atoms with Crippen LogP contribution in [0.25, 0.3) is 11.2 Å². The van der Waals surface area contributed by atoms with E-state index in [4.69, 9.17) is 4.74 Å². The first kappa shape index (κ1) is 11.1. The van der Waals surface area contributed by atoms with Gasteiger partial charge in [0.1, 0.15) is 5.82 Å². The number of fused-ring (bicyclic) bond motifs is 1. The summed E-state index contributed by atoms with van der Waals surface area (Å²) in [4.78, 5) is 11.9. The number of pyridine rings is 1. The maximum atomic E-state index is 5.43. The van der Waals surface area contributed by atoms with E-state index >= 15 is 0 Å². The minimum atomic E-state index is 0.715. The second kappa shape index (κ2) is 5.07. The Labute approximate surface area is 95.1 Å². The van der Waals surface area contributed by atoms with Gasteiger partial charge >= 0.3 is 0 Å². The molecule has 0 atom stereocenters. The summed E-state index contributed by atoms with van der Waals surface area (Å²) < 4.78 is 5.43. The third-order valence-corrected chi connectivity index (χ3v) is 2.35. The Bertz CT molecular complexity index is 464. The normalized spacial score (nSPS) is 11.1. The highest BCUT2D eigenvalue weighted by molar-refractivity contribution is 5.70. The standard InChI is InChI=1S/C12H17N3O/c1-3-5-16-6-4-11-14-10-7-9(2)8-13-12(10)15-11/h7-8H,3-6H2,1-2H3,(H,13,14,15). The van der Waals surface area contributed by atoms with Gasteiger partial charge in [-0.25, -0.2) is 9.97 Å². The number of ether oxygens (including phenoxy) is 1. The zero-order valence-corrected chi connectivity index (χ0v) is 9.79. The van der Waals surface area contributed by atoms with Crippen LogP contribution in [-0.4, -0.2) is 28.2 Å². The molecule has 0 spiro atoms. The number of aromatic amines is 1. The zero-order chi connectivity index (χ0) is 11.4. The van der Waals surface area contributed by atoms with Crippen molar-refractivity contribution in [3.05, 3.63) is 23.7 Å². The number of H-pyrrole nitrogens is 1. The van der Waals surface area contributed by atoms with Gasteiger partial charge < -0.3 is 9.72 Å². The van der Waals surface area contributed by atoms with Crippen molar-refractivity contribution in [2.45, 2.75) is 26.7 Å². The van der Waals surface area contributed by atoms with Crippen LogP contribution in [0, 0.1) is 6.92 Å². The predicted molar refractivity (Wildman–Crippen MR) is 63.4 cm³/mol. The Kier molecular flexibility index (Phi) is 3.51. The number of hydrogen-bond donors (Lipinski definition) is 1. The molecule has 4 heteroatoms. The van der Waals surface area contributed by atoms with Crippen LogP contribution in [0.3, 0.4) is 0 Å². The molecule has 2 aromatic rings. The summed E-state index contributed by atoms with van der Waals surface area (Å²) in [7, 11) is 0. The third-order valence-electron chi connectivity index (χ3n) is 2.35. The van der Waals surface area contributed by atoms with E-state index in [1.165, 1.54) is 0 Å². The van der Waals surface area contributed by atoms with Crippen molar-refractivity contribution >= 4 is 11.2 Å². The zero-order valence-electron chi connectivity index (χ0n) is 9.79. The molecule has 2 aromatic heterocycles. The Morgan fingerprint density at radius 1 is 1.38 bits per heavy atom. The lowest BCUT2D eigenvalue weighted by molar-refractivity contribution is 0.137. The van der Waals surface area contributed by atoms with E-state index in [1.54, 1.807) is 0 Å². The van der Waals surface area contributed by atoms with E-state index in [-0.39, 0.29) is 0 Å². The number of nitrogens with zero attached hydrogens (tertiary/aromatic N) is 2. The number of aryl methyl sites for hydroxylation is 1. The highest BCUT2D eigenvalue weighted by Gasteiger charge is 2.03. The Morgan fingerprint density at radius 3 is 3.06 bits per heavy atom. The van der Waals surface area contributed by atoms with Gasteiger partial charge in [-0.15, -0.1) is 0 Å². The van der Waals surface area contributed by atoms with Gasteiger partial charge in [-0.3, -0.25) is 0 Å². The van der Waals surface area contributed by atoms with Crippen molar-refractivity contribution in [2.24, 2.45) is 0 Å². The summed E-state index contributed by atoms with van der Waals surface area (Å²) in [6.45, 7) is 5.66. The van der Waals surface area contributed by atoms with Crippen LogP contribution < -0.4 is 0 Å². The number of nitrogens with one attached hydrogen (secondary N) is 1. The molecule has 0 saturated carbocycles. The fraction of sp³-hybridized carbons (Fsp3) is 0.500. The predicted octanol–water partition coefficient (Wildman–Crippen LogP) is 2.24. The van der Waals surface area contributed by atoms with Crippen LogP contribution in [0.15, 0.2) is 12.3 Å². The average molecular weight is 219 g/mol. The Hall–Kier alpha value is -1.42. The summed E-state index contributed by atoms with van der Waals surface area (Å²) in [6.07, 6.45) is 3.71. The minimum Gasteiger partial charge on any atom is -0.381 e. The van der Waals surface area contributed by atoms with Crippen LogP contribution >= 0.6 is 0 Å². The largest absolute Gasteiger partial charge is 0.381 e. The van der Waals surface area contributed by atoms with Crippen LogP contribution in [0.5, 0.6) is 0 Å². The Balaban J connectivity index is 2.02. The summed E-state index contributed by atoms with van der Waals surface area (Å²) in [5.74, 6) is 0.948. The van der Waals surface area contributed by atoms with Crippen molar-refractivity contribution in [1.82, 2.24) is 15.0 Å². The highest BCUT2D eigenvalue weighted by Crippen LogP contribution is 2.10. The molecule has 16 heavy (non-hydrogen) atoms. The first-order valence-corrected chi connectivity index (χ1v) is 5.68. The van der Waals surface area contributed by atoms with E-state index < -0.39 is 0 Å². The van der Waals surface area contributed by atoms with Gasteiger partial charge in [0.05, 0.1) is 12.1 Å². The van der Waals surface area contributed by atoms with Gasteiger partial charge in [-0.1, -0.05) is 6.92 Å². The van der Waals surface area contributed by atoms with Gasteiger partial charge in [-0.05, 0) is 25.0 Å². The summed E-state index contributed by atoms with van der Waals surface area (Å²) >= 11 is 0. The molecular formula is C12H17N3O. The molecule has 1 N–H and O–H groups in total. The lowest BCUT2D eigenvalue weighted by Crippen LogP contribution is -2.00. The molecule has 2 heterocycles. The Morgan fingerprint density at radius 2 is 2.25 bits per heavy atom. The van der Waals surface area contributed by atoms with Crippen LogP contribution in [-0.2, 0) is 11.2 Å². The number of aromatic nitrogens is 3. The molecule has 0 saturated heterocycles. The molecule has 0 aliphatic heterocycles. The summed E-state index contributed by atoms with van der Waals surface area (Å²) in [6, 6.07) is 2.06. The van der Waals surface area contributed by atoms with Crippen molar-refractivity contribution in [2.75, 3.05) is 13.2 Å². The van der Waals surface area contributed by atoms with Gasteiger partial charge in [0.2, 0.25) is 0 Å². The fourth-order valence-corrected chi connectivity index (χ4v) is 1.59. The van der Waals surface area contributed by atoms with Crippen molar-refractivity contribution < 1.29 is 4.74 Å². The first-order valence-electron chi connectivity index (χ1n) is 5.68. The number of rotatable bonds is 5. The third kappa shape index (κ3) is 2.58. The smallest absolute Gasteiger partial charge is 0.177 e. The molecule has 0 radical (unpaired) electrons. The molecule has 4 nitrogen and oxygen atoms in total. The number of imidazole rings is 1. The van der Waals surface area contributed by atoms with E-state index in [0.29, 0.717) is 6.61 Å². The van der Waals surface area contributed by atoms with E-state index in [2.05, 4.69) is 27.9 Å². The maximum Gasteiger partial charge on any atom is 0.177 e. The topological polar surface area (TPSA) is 50.8 Å². The number of hydrogen-bond acceptors (Lipinski definition) is 3. The molecule has 0 bridgehead atoms. The molecule has 0 aliphatic carbocycles. The monoisotopic (exact) mass is 219 g/mol. The van der Waals surface area contributed by atoms with E-state index in [9.17, 15) is 0 Å². The molecule has 0 unspecified atom stereocenters. The van der Waals surface area contributed by atoms with Crippen LogP contribution in [0.2, 0.25) is 0 Å². The first-order chi connectivity index (χ1) is 7.79. The molecule has 0 fully saturated rings. The lowest BCUT2D eigenvalue weighted by atomic mass is 10.3. The summed E-state index contributed by atoms with van der Waals surface area (Å²) in [5, 5.41) is 0. The van der Waals surface area contributed by atoms with E-state index in [0.717, 1.165) is 42.0 Å². The lowest BCUT2D eigenvalue weighted by Gasteiger charge is -1.98. The fourth-order valence-electron chi connectivity index (χ4n) is 1.59. The van der Waals surface area contributed by atoms with Crippen LogP contribution in [0.4, 0.5) is 0 Å². The summed E-state index contributed by atoms with van der Waals surface area (Å²) in [5.41, 5.74) is 2.94. The highest BCUT2D eigenvalue weighted by atomic mass is 16.5. The van der Waals surface area contributed by atoms with Gasteiger partial charge in [-0.2, -0.15) is 0 Å². The quantitative estimate of drug-likeness (QED) is 0.784. The minimum absolute atomic E-state index is 0.715. The average Bonchev–Trinajstić information content (AvgIpc) is 2.66. The van der Waals surface area contributed by atoms with Crippen LogP contribution in [0.1, 0.15) is 24.7 Å². The van der Waals surface area contributed by atoms with Gasteiger partial charge in [0.15, 0.2) is 5.65 Å². The van der Waals surface area contributed by atoms with Crippen molar-refractivity contribution in [1.29, 1.82) is 0 Å².